The molecule has 0 amide bonds. The Morgan fingerprint density at radius 1 is 1.21 bits per heavy atom. The molecule has 2 N–H and O–H groups in total. The molecule has 0 aliphatic carbocycles. The van der Waals surface area contributed by atoms with Crippen molar-refractivity contribution in [3.8, 4) is 5.69 Å². The van der Waals surface area contributed by atoms with Gasteiger partial charge >= 0.3 is 0 Å². The number of aryl methyl sites for hydroxylation is 1. The van der Waals surface area contributed by atoms with Crippen LogP contribution >= 0.6 is 0 Å². The highest BCUT2D eigenvalue weighted by Crippen LogP contribution is 2.27. The fourth-order valence-corrected chi connectivity index (χ4v) is 2.36. The first kappa shape index (κ1) is 11.7. The van der Waals surface area contributed by atoms with Gasteiger partial charge in [0.2, 0.25) is 0 Å². The lowest BCUT2D eigenvalue weighted by molar-refractivity contribution is 0.812. The molecule has 0 aliphatic heterocycles. The van der Waals surface area contributed by atoms with Crippen molar-refractivity contribution in [3.05, 3.63) is 48.7 Å². The number of nitrogens with zero attached hydrogens (tertiary/aromatic N) is 3. The second kappa shape index (κ2) is 4.72. The van der Waals surface area contributed by atoms with Crippen molar-refractivity contribution >= 4 is 16.6 Å². The van der Waals surface area contributed by atoms with Gasteiger partial charge in [-0.1, -0.05) is 25.1 Å². The molecule has 1 aromatic carbocycles. The summed E-state index contributed by atoms with van der Waals surface area (Å²) in [5.74, 6) is 1.03. The van der Waals surface area contributed by atoms with Crippen LogP contribution in [0.15, 0.2) is 42.9 Å². The van der Waals surface area contributed by atoms with Crippen LogP contribution < -0.4 is 5.73 Å². The quantitative estimate of drug-likeness (QED) is 0.779. The van der Waals surface area contributed by atoms with E-state index in [1.165, 1.54) is 0 Å². The Kier molecular flexibility index (Phi) is 2.91. The Morgan fingerprint density at radius 3 is 2.89 bits per heavy atom. The molecule has 4 nitrogen and oxygen atoms in total. The number of pyridine rings is 1. The van der Waals surface area contributed by atoms with Crippen LogP contribution in [-0.2, 0) is 6.42 Å². The Balaban J connectivity index is 2.29. The molecule has 2 heterocycles. The average molecular weight is 252 g/mol. The number of hydrogen-bond acceptors (Lipinski definition) is 3. The van der Waals surface area contributed by atoms with Crippen molar-refractivity contribution in [2.45, 2.75) is 19.8 Å². The lowest BCUT2D eigenvalue weighted by Crippen LogP contribution is -2.05. The average Bonchev–Trinajstić information content (AvgIpc) is 2.87. The van der Waals surface area contributed by atoms with Crippen molar-refractivity contribution in [3.63, 3.8) is 0 Å². The zero-order valence-corrected chi connectivity index (χ0v) is 10.9. The number of anilines is 1. The number of para-hydroxylation sites is 1. The molecular weight excluding hydrogens is 236 g/mol. The summed E-state index contributed by atoms with van der Waals surface area (Å²) in [6.07, 6.45) is 7.49. The maximum absolute atomic E-state index is 6.13. The van der Waals surface area contributed by atoms with Crippen LogP contribution in [0.5, 0.6) is 0 Å². The third-order valence-electron chi connectivity index (χ3n) is 3.21. The van der Waals surface area contributed by atoms with Gasteiger partial charge in [0.1, 0.15) is 5.82 Å². The van der Waals surface area contributed by atoms with Crippen LogP contribution in [0.3, 0.4) is 0 Å². The lowest BCUT2D eigenvalue weighted by Gasteiger charge is -2.13. The smallest absolute Gasteiger partial charge is 0.113 e. The number of hydrogen-bond donors (Lipinski definition) is 1. The van der Waals surface area contributed by atoms with Gasteiger partial charge in [0, 0.05) is 24.2 Å². The van der Waals surface area contributed by atoms with Crippen molar-refractivity contribution in [1.82, 2.24) is 14.5 Å². The number of nitrogens with two attached hydrogens (primary N) is 1. The maximum Gasteiger partial charge on any atom is 0.113 e. The standard InChI is InChI=1S/C15H16N4/c1-2-5-14-17-8-9-19(14)15-11-6-3-4-7-13(11)18-10-12(15)16/h3-4,6-10H,2,5,16H2,1H3. The van der Waals surface area contributed by atoms with Gasteiger partial charge in [-0.3, -0.25) is 4.98 Å². The van der Waals surface area contributed by atoms with Gasteiger partial charge in [0.25, 0.3) is 0 Å². The summed E-state index contributed by atoms with van der Waals surface area (Å²) in [6.45, 7) is 2.15. The highest BCUT2D eigenvalue weighted by Gasteiger charge is 2.11. The summed E-state index contributed by atoms with van der Waals surface area (Å²) in [5.41, 5.74) is 8.73. The summed E-state index contributed by atoms with van der Waals surface area (Å²) in [4.78, 5) is 8.79. The van der Waals surface area contributed by atoms with Crippen molar-refractivity contribution in [2.75, 3.05) is 5.73 Å². The molecule has 3 rings (SSSR count). The van der Waals surface area contributed by atoms with Gasteiger partial charge in [-0.2, -0.15) is 0 Å². The van der Waals surface area contributed by atoms with Crippen LogP contribution in [0, 0.1) is 0 Å². The molecule has 0 fully saturated rings. The minimum Gasteiger partial charge on any atom is -0.396 e. The molecule has 0 saturated heterocycles. The van der Waals surface area contributed by atoms with E-state index in [0.29, 0.717) is 5.69 Å². The summed E-state index contributed by atoms with van der Waals surface area (Å²) >= 11 is 0. The highest BCUT2D eigenvalue weighted by molar-refractivity contribution is 5.92. The number of benzene rings is 1. The van der Waals surface area contributed by atoms with Crippen molar-refractivity contribution in [2.24, 2.45) is 0 Å². The van der Waals surface area contributed by atoms with Gasteiger partial charge in [0.05, 0.1) is 23.1 Å². The Bertz CT molecular complexity index is 715. The minimum atomic E-state index is 0.675. The van der Waals surface area contributed by atoms with E-state index >= 15 is 0 Å². The third kappa shape index (κ3) is 1.95. The number of imidazole rings is 1. The van der Waals surface area contributed by atoms with Crippen molar-refractivity contribution in [1.29, 1.82) is 0 Å². The highest BCUT2D eigenvalue weighted by atomic mass is 15.1. The van der Waals surface area contributed by atoms with E-state index in [-0.39, 0.29) is 0 Å². The number of nitrogen functional groups attached to an aromatic ring is 1. The Hall–Kier alpha value is -2.36. The topological polar surface area (TPSA) is 56.7 Å². The summed E-state index contributed by atoms with van der Waals surface area (Å²) in [6, 6.07) is 8.03. The van der Waals surface area contributed by atoms with E-state index in [9.17, 15) is 0 Å². The molecule has 19 heavy (non-hydrogen) atoms. The molecule has 0 radical (unpaired) electrons. The van der Waals surface area contributed by atoms with E-state index in [1.54, 1.807) is 6.20 Å². The molecule has 2 aromatic heterocycles. The predicted molar refractivity (Wildman–Crippen MR) is 77.3 cm³/mol. The monoisotopic (exact) mass is 252 g/mol. The van der Waals surface area contributed by atoms with Crippen LogP contribution in [0.25, 0.3) is 16.6 Å². The maximum atomic E-state index is 6.13. The van der Waals surface area contributed by atoms with Crippen LogP contribution in [0.4, 0.5) is 5.69 Å². The van der Waals surface area contributed by atoms with E-state index in [4.69, 9.17) is 5.73 Å². The first-order chi connectivity index (χ1) is 9.31. The molecule has 0 atom stereocenters. The molecule has 96 valence electrons. The molecular formula is C15H16N4. The first-order valence-corrected chi connectivity index (χ1v) is 6.47. The third-order valence-corrected chi connectivity index (χ3v) is 3.21. The fraction of sp³-hybridized carbons (Fsp3) is 0.200. The van der Waals surface area contributed by atoms with Gasteiger partial charge < -0.3 is 10.3 Å². The molecule has 0 bridgehead atoms. The van der Waals surface area contributed by atoms with Gasteiger partial charge in [-0.25, -0.2) is 4.98 Å². The van der Waals surface area contributed by atoms with E-state index in [2.05, 4.69) is 21.5 Å². The number of fused-ring (bicyclic) bond motifs is 1. The molecule has 3 aromatic rings. The van der Waals surface area contributed by atoms with E-state index in [1.807, 2.05) is 36.7 Å². The summed E-state index contributed by atoms with van der Waals surface area (Å²) in [7, 11) is 0. The second-order valence-electron chi connectivity index (χ2n) is 4.54. The zero-order valence-electron chi connectivity index (χ0n) is 10.9. The molecule has 0 saturated carbocycles. The summed E-state index contributed by atoms with van der Waals surface area (Å²) in [5, 5.41) is 1.05. The van der Waals surface area contributed by atoms with Gasteiger partial charge in [-0.05, 0) is 12.5 Å². The predicted octanol–water partition coefficient (Wildman–Crippen LogP) is 2.96. The van der Waals surface area contributed by atoms with Gasteiger partial charge in [-0.15, -0.1) is 0 Å². The summed E-state index contributed by atoms with van der Waals surface area (Å²) < 4.78 is 2.07. The molecule has 0 spiro atoms. The first-order valence-electron chi connectivity index (χ1n) is 6.47. The molecule has 0 unspecified atom stereocenters. The number of rotatable bonds is 3. The molecule has 0 aliphatic rings. The normalized spacial score (nSPS) is 11.0. The second-order valence-corrected chi connectivity index (χ2v) is 4.54. The Morgan fingerprint density at radius 2 is 2.05 bits per heavy atom. The zero-order chi connectivity index (χ0) is 13.2. The fourth-order valence-electron chi connectivity index (χ4n) is 2.36. The van der Waals surface area contributed by atoms with Crippen LogP contribution in [-0.4, -0.2) is 14.5 Å². The SMILES string of the molecule is CCCc1nccn1-c1c(N)cnc2ccccc12. The lowest BCUT2D eigenvalue weighted by atomic mass is 10.1. The minimum absolute atomic E-state index is 0.675. The van der Waals surface area contributed by atoms with E-state index < -0.39 is 0 Å². The largest absolute Gasteiger partial charge is 0.396 e. The van der Waals surface area contributed by atoms with Gasteiger partial charge in [0.15, 0.2) is 0 Å². The molecule has 4 heteroatoms. The van der Waals surface area contributed by atoms with Crippen LogP contribution in [0.1, 0.15) is 19.2 Å². The van der Waals surface area contributed by atoms with Crippen molar-refractivity contribution < 1.29 is 0 Å². The van der Waals surface area contributed by atoms with E-state index in [0.717, 1.165) is 35.3 Å². The Labute approximate surface area is 111 Å². The van der Waals surface area contributed by atoms with Crippen LogP contribution in [0.2, 0.25) is 0 Å². The number of aromatic nitrogens is 3.